The molecule has 6 heteroatoms. The van der Waals surface area contributed by atoms with E-state index in [1.165, 1.54) is 30.5 Å². The lowest BCUT2D eigenvalue weighted by atomic mass is 9.89. The van der Waals surface area contributed by atoms with Crippen molar-refractivity contribution in [2.75, 3.05) is 45.4 Å². The number of rotatable bonds is 7. The molecule has 0 amide bonds. The van der Waals surface area contributed by atoms with Crippen LogP contribution >= 0.6 is 11.6 Å². The zero-order valence-corrected chi connectivity index (χ0v) is 19.5. The molecule has 2 atom stereocenters. The maximum atomic E-state index is 6.23. The molecule has 2 aliphatic heterocycles. The normalized spacial score (nSPS) is 21.5. The Kier molecular flexibility index (Phi) is 7.13. The van der Waals surface area contributed by atoms with Crippen LogP contribution in [0.5, 0.6) is 17.2 Å². The number of benzene rings is 2. The van der Waals surface area contributed by atoms with Crippen molar-refractivity contribution in [1.29, 1.82) is 0 Å². The summed E-state index contributed by atoms with van der Waals surface area (Å²) in [6, 6.07) is 13.5. The summed E-state index contributed by atoms with van der Waals surface area (Å²) in [6.45, 7) is 5.88. The molecule has 0 bridgehead atoms. The molecule has 0 saturated carbocycles. The highest BCUT2D eigenvalue weighted by Gasteiger charge is 2.36. The summed E-state index contributed by atoms with van der Waals surface area (Å²) in [5, 5.41) is 0.655. The van der Waals surface area contributed by atoms with Crippen molar-refractivity contribution in [2.24, 2.45) is 0 Å². The lowest BCUT2D eigenvalue weighted by Crippen LogP contribution is -2.55. The Hall–Kier alpha value is -2.11. The van der Waals surface area contributed by atoms with Gasteiger partial charge in [-0.05, 0) is 55.5 Å². The number of ether oxygens (including phenoxy) is 3. The average Bonchev–Trinajstić information content (AvgIpc) is 2.82. The molecule has 0 aliphatic carbocycles. The van der Waals surface area contributed by atoms with Crippen LogP contribution in [0.3, 0.4) is 0 Å². The number of piperazine rings is 1. The summed E-state index contributed by atoms with van der Waals surface area (Å²) in [5.74, 6) is 2.41. The first-order valence-electron chi connectivity index (χ1n) is 11.3. The first-order chi connectivity index (χ1) is 15.1. The second kappa shape index (κ2) is 10.0. The maximum Gasteiger partial charge on any atom is 0.161 e. The summed E-state index contributed by atoms with van der Waals surface area (Å²) < 4.78 is 16.9. The molecule has 0 aromatic heterocycles. The number of piperidine rings is 1. The topological polar surface area (TPSA) is 34.2 Å². The van der Waals surface area contributed by atoms with Gasteiger partial charge >= 0.3 is 0 Å². The third kappa shape index (κ3) is 4.73. The Morgan fingerprint density at radius 3 is 2.58 bits per heavy atom. The lowest BCUT2D eigenvalue weighted by Gasteiger charge is -2.49. The van der Waals surface area contributed by atoms with E-state index in [1.807, 2.05) is 6.07 Å². The van der Waals surface area contributed by atoms with Gasteiger partial charge in [-0.25, -0.2) is 0 Å². The molecular formula is C25H33ClN2O3. The molecule has 2 saturated heterocycles. The molecule has 0 N–H and O–H groups in total. The van der Waals surface area contributed by atoms with E-state index >= 15 is 0 Å². The number of methoxy groups -OCH3 is 2. The summed E-state index contributed by atoms with van der Waals surface area (Å²) in [4.78, 5) is 5.15. The van der Waals surface area contributed by atoms with Crippen LogP contribution in [0.15, 0.2) is 36.4 Å². The third-order valence-corrected chi connectivity index (χ3v) is 6.79. The Morgan fingerprint density at radius 2 is 1.81 bits per heavy atom. The van der Waals surface area contributed by atoms with Gasteiger partial charge in [-0.1, -0.05) is 24.6 Å². The minimum Gasteiger partial charge on any atom is -0.495 e. The molecule has 31 heavy (non-hydrogen) atoms. The Morgan fingerprint density at radius 1 is 0.968 bits per heavy atom. The van der Waals surface area contributed by atoms with Crippen molar-refractivity contribution >= 4 is 17.3 Å². The molecule has 2 fully saturated rings. The Balaban J connectivity index is 1.50. The van der Waals surface area contributed by atoms with Crippen LogP contribution in [-0.2, 0) is 0 Å². The van der Waals surface area contributed by atoms with Crippen molar-refractivity contribution in [3.63, 3.8) is 0 Å². The van der Waals surface area contributed by atoms with Gasteiger partial charge in [0.1, 0.15) is 5.75 Å². The van der Waals surface area contributed by atoms with Gasteiger partial charge < -0.3 is 19.1 Å². The van der Waals surface area contributed by atoms with Crippen LogP contribution in [-0.4, -0.2) is 51.4 Å². The van der Waals surface area contributed by atoms with E-state index in [4.69, 9.17) is 25.8 Å². The van der Waals surface area contributed by atoms with Crippen LogP contribution in [0.4, 0.5) is 5.69 Å². The van der Waals surface area contributed by atoms with Crippen molar-refractivity contribution in [2.45, 2.75) is 44.7 Å². The summed E-state index contributed by atoms with van der Waals surface area (Å²) in [6.07, 6.45) is 4.63. The van der Waals surface area contributed by atoms with E-state index in [-0.39, 0.29) is 0 Å². The van der Waals surface area contributed by atoms with E-state index in [1.54, 1.807) is 14.2 Å². The molecule has 0 radical (unpaired) electrons. The highest BCUT2D eigenvalue weighted by Crippen LogP contribution is 2.40. The molecular weight excluding hydrogens is 412 g/mol. The summed E-state index contributed by atoms with van der Waals surface area (Å²) in [5.41, 5.74) is 2.51. The average molecular weight is 445 g/mol. The standard InChI is InChI=1S/C25H33ClN2O3/c1-4-14-31-23-11-8-18(15-25(23)30-3)22-7-5-6-20-17-27(12-13-28(20)22)19-9-10-21(26)24(16-19)29-2/h8-11,15-16,20,22H,4-7,12-14,17H2,1-3H3/t20?,22-/m1/s1. The van der Waals surface area contributed by atoms with E-state index in [9.17, 15) is 0 Å². The van der Waals surface area contributed by atoms with Crippen LogP contribution in [0.25, 0.3) is 0 Å². The largest absolute Gasteiger partial charge is 0.495 e. The van der Waals surface area contributed by atoms with Gasteiger partial charge in [-0.3, -0.25) is 4.90 Å². The zero-order valence-electron chi connectivity index (χ0n) is 18.8. The highest BCUT2D eigenvalue weighted by molar-refractivity contribution is 6.32. The number of anilines is 1. The fourth-order valence-corrected chi connectivity index (χ4v) is 5.10. The number of hydrogen-bond donors (Lipinski definition) is 0. The minimum absolute atomic E-state index is 0.426. The first kappa shape index (κ1) is 22.1. The molecule has 2 heterocycles. The number of nitrogens with zero attached hydrogens (tertiary/aromatic N) is 2. The van der Waals surface area contributed by atoms with Gasteiger partial charge in [0.25, 0.3) is 0 Å². The van der Waals surface area contributed by atoms with Crippen molar-refractivity contribution in [3.05, 3.63) is 47.0 Å². The fourth-order valence-electron chi connectivity index (χ4n) is 4.91. The Labute approximate surface area is 190 Å². The Bertz CT molecular complexity index is 891. The first-order valence-corrected chi connectivity index (χ1v) is 11.7. The van der Waals surface area contributed by atoms with Crippen molar-refractivity contribution in [3.8, 4) is 17.2 Å². The molecule has 5 nitrogen and oxygen atoms in total. The van der Waals surface area contributed by atoms with Gasteiger partial charge in [0.15, 0.2) is 11.5 Å². The van der Waals surface area contributed by atoms with Crippen molar-refractivity contribution in [1.82, 2.24) is 4.90 Å². The van der Waals surface area contributed by atoms with Gasteiger partial charge in [-0.2, -0.15) is 0 Å². The van der Waals surface area contributed by atoms with Crippen LogP contribution < -0.4 is 19.1 Å². The molecule has 1 unspecified atom stereocenters. The molecule has 2 aliphatic rings. The second-order valence-corrected chi connectivity index (χ2v) is 8.77. The minimum atomic E-state index is 0.426. The lowest BCUT2D eigenvalue weighted by molar-refractivity contribution is 0.0715. The predicted octanol–water partition coefficient (Wildman–Crippen LogP) is 5.56. The van der Waals surface area contributed by atoms with Gasteiger partial charge in [0, 0.05) is 43.5 Å². The third-order valence-electron chi connectivity index (χ3n) is 6.48. The maximum absolute atomic E-state index is 6.23. The molecule has 168 valence electrons. The SMILES string of the molecule is CCCOc1ccc([C@H]2CCCC3CN(c4ccc(Cl)c(OC)c4)CCN32)cc1OC. The van der Waals surface area contributed by atoms with Gasteiger partial charge in [0.2, 0.25) is 0 Å². The highest BCUT2D eigenvalue weighted by atomic mass is 35.5. The molecule has 4 rings (SSSR count). The monoisotopic (exact) mass is 444 g/mol. The van der Waals surface area contributed by atoms with Crippen LogP contribution in [0, 0.1) is 0 Å². The van der Waals surface area contributed by atoms with E-state index in [0.29, 0.717) is 23.7 Å². The molecule has 0 spiro atoms. The van der Waals surface area contributed by atoms with Gasteiger partial charge in [0.05, 0.1) is 25.8 Å². The molecule has 2 aromatic carbocycles. The van der Waals surface area contributed by atoms with Crippen LogP contribution in [0.1, 0.15) is 44.2 Å². The molecule has 2 aromatic rings. The van der Waals surface area contributed by atoms with Crippen molar-refractivity contribution < 1.29 is 14.2 Å². The van der Waals surface area contributed by atoms with E-state index in [0.717, 1.165) is 43.3 Å². The number of fused-ring (bicyclic) bond motifs is 1. The van der Waals surface area contributed by atoms with E-state index in [2.05, 4.69) is 47.1 Å². The second-order valence-electron chi connectivity index (χ2n) is 8.36. The smallest absolute Gasteiger partial charge is 0.161 e. The summed E-state index contributed by atoms with van der Waals surface area (Å²) in [7, 11) is 3.39. The van der Waals surface area contributed by atoms with Gasteiger partial charge in [-0.15, -0.1) is 0 Å². The number of halogens is 1. The quantitative estimate of drug-likeness (QED) is 0.558. The predicted molar refractivity (Wildman–Crippen MR) is 126 cm³/mol. The summed E-state index contributed by atoms with van der Waals surface area (Å²) >= 11 is 6.23. The number of hydrogen-bond acceptors (Lipinski definition) is 5. The fraction of sp³-hybridized carbons (Fsp3) is 0.520. The zero-order chi connectivity index (χ0) is 21.8. The van der Waals surface area contributed by atoms with E-state index < -0.39 is 0 Å². The van der Waals surface area contributed by atoms with Crippen LogP contribution in [0.2, 0.25) is 5.02 Å².